The summed E-state index contributed by atoms with van der Waals surface area (Å²) in [7, 11) is 0. The summed E-state index contributed by atoms with van der Waals surface area (Å²) in [6.07, 6.45) is 9.92. The normalized spacial score (nSPS) is 41.4. The molecule has 0 aromatic rings. The first-order chi connectivity index (χ1) is 9.26. The lowest BCUT2D eigenvalue weighted by atomic mass is 9.86. The van der Waals surface area contributed by atoms with Gasteiger partial charge in [0.15, 0.2) is 0 Å². The average Bonchev–Trinajstić information content (AvgIpc) is 3.04. The van der Waals surface area contributed by atoms with Crippen LogP contribution < -0.4 is 10.6 Å². The van der Waals surface area contributed by atoms with Crippen LogP contribution in [0.5, 0.6) is 0 Å². The average molecular weight is 264 g/mol. The van der Waals surface area contributed by atoms with Gasteiger partial charge in [0.2, 0.25) is 5.91 Å². The Balaban J connectivity index is 1.43. The molecule has 3 aliphatic rings. The zero-order valence-corrected chi connectivity index (χ0v) is 12.2. The lowest BCUT2D eigenvalue weighted by Gasteiger charge is -2.31. The Morgan fingerprint density at radius 3 is 2.32 bits per heavy atom. The molecule has 2 bridgehead atoms. The van der Waals surface area contributed by atoms with Crippen molar-refractivity contribution in [2.75, 3.05) is 6.54 Å². The van der Waals surface area contributed by atoms with Crippen LogP contribution in [0.25, 0.3) is 0 Å². The predicted molar refractivity (Wildman–Crippen MR) is 76.8 cm³/mol. The van der Waals surface area contributed by atoms with Crippen LogP contribution in [0.1, 0.15) is 58.3 Å². The van der Waals surface area contributed by atoms with Gasteiger partial charge in [-0.2, -0.15) is 0 Å². The van der Waals surface area contributed by atoms with E-state index in [1.807, 2.05) is 0 Å². The van der Waals surface area contributed by atoms with E-state index in [1.165, 1.54) is 38.5 Å². The molecule has 3 fully saturated rings. The highest BCUT2D eigenvalue weighted by Gasteiger charge is 2.43. The Kier molecular flexibility index (Phi) is 4.11. The minimum atomic E-state index is 0.352. The summed E-state index contributed by atoms with van der Waals surface area (Å²) >= 11 is 0. The van der Waals surface area contributed by atoms with Gasteiger partial charge in [0.05, 0.1) is 0 Å². The Morgan fingerprint density at radius 2 is 1.74 bits per heavy atom. The topological polar surface area (TPSA) is 41.1 Å². The molecule has 0 radical (unpaired) electrons. The molecule has 3 atom stereocenters. The van der Waals surface area contributed by atoms with Gasteiger partial charge in [0.1, 0.15) is 0 Å². The van der Waals surface area contributed by atoms with Crippen molar-refractivity contribution in [1.29, 1.82) is 0 Å². The molecule has 19 heavy (non-hydrogen) atoms. The molecule has 0 heterocycles. The first-order valence-corrected chi connectivity index (χ1v) is 8.30. The second kappa shape index (κ2) is 5.82. The Bertz CT molecular complexity index is 323. The molecule has 3 aliphatic carbocycles. The molecule has 0 aromatic heterocycles. The van der Waals surface area contributed by atoms with Crippen molar-refractivity contribution in [2.45, 2.75) is 70.4 Å². The highest BCUT2D eigenvalue weighted by Crippen LogP contribution is 2.48. The number of hydrogen-bond acceptors (Lipinski definition) is 2. The molecule has 0 aromatic carbocycles. The minimum absolute atomic E-state index is 0.352. The fraction of sp³-hybridized carbons (Fsp3) is 0.938. The van der Waals surface area contributed by atoms with Crippen molar-refractivity contribution in [3.63, 3.8) is 0 Å². The van der Waals surface area contributed by atoms with Gasteiger partial charge in [0.25, 0.3) is 0 Å². The summed E-state index contributed by atoms with van der Waals surface area (Å²) in [5.74, 6) is 2.30. The lowest BCUT2D eigenvalue weighted by Crippen LogP contribution is -2.44. The Morgan fingerprint density at radius 1 is 1.00 bits per heavy atom. The van der Waals surface area contributed by atoms with E-state index in [2.05, 4.69) is 17.6 Å². The fourth-order valence-corrected chi connectivity index (χ4v) is 4.60. The maximum absolute atomic E-state index is 12.4. The SMILES string of the molecule is CCNC1CCC(NC(=O)C2CC3CCC2C3)CC1. The van der Waals surface area contributed by atoms with Crippen LogP contribution in [0.3, 0.4) is 0 Å². The van der Waals surface area contributed by atoms with E-state index in [0.29, 0.717) is 29.8 Å². The smallest absolute Gasteiger partial charge is 0.223 e. The van der Waals surface area contributed by atoms with Gasteiger partial charge in [0, 0.05) is 18.0 Å². The third-order valence-corrected chi connectivity index (χ3v) is 5.64. The molecule has 108 valence electrons. The predicted octanol–water partition coefficient (Wildman–Crippen LogP) is 2.46. The first kappa shape index (κ1) is 13.4. The molecule has 3 rings (SSSR count). The highest BCUT2D eigenvalue weighted by molar-refractivity contribution is 5.79. The second-order valence-electron chi connectivity index (χ2n) is 6.90. The van der Waals surface area contributed by atoms with Crippen LogP contribution in [0.2, 0.25) is 0 Å². The monoisotopic (exact) mass is 264 g/mol. The van der Waals surface area contributed by atoms with Gasteiger partial charge in [-0.25, -0.2) is 0 Å². The van der Waals surface area contributed by atoms with Gasteiger partial charge < -0.3 is 10.6 Å². The fourth-order valence-electron chi connectivity index (χ4n) is 4.60. The standard InChI is InChI=1S/C16H28N2O/c1-2-17-13-5-7-14(8-6-13)18-16(19)15-10-11-3-4-12(15)9-11/h11-15,17H,2-10H2,1H3,(H,18,19). The molecule has 0 spiro atoms. The molecule has 2 N–H and O–H groups in total. The zero-order chi connectivity index (χ0) is 13.2. The molecular formula is C16H28N2O. The van der Waals surface area contributed by atoms with Crippen molar-refractivity contribution < 1.29 is 4.79 Å². The van der Waals surface area contributed by atoms with E-state index < -0.39 is 0 Å². The van der Waals surface area contributed by atoms with Crippen LogP contribution in [0.15, 0.2) is 0 Å². The first-order valence-electron chi connectivity index (χ1n) is 8.30. The molecular weight excluding hydrogens is 236 g/mol. The zero-order valence-electron chi connectivity index (χ0n) is 12.2. The van der Waals surface area contributed by atoms with Crippen LogP contribution >= 0.6 is 0 Å². The second-order valence-corrected chi connectivity index (χ2v) is 6.90. The van der Waals surface area contributed by atoms with Gasteiger partial charge in [-0.3, -0.25) is 4.79 Å². The Hall–Kier alpha value is -0.570. The molecule has 3 saturated carbocycles. The van der Waals surface area contributed by atoms with E-state index in [1.54, 1.807) is 0 Å². The largest absolute Gasteiger partial charge is 0.353 e. The summed E-state index contributed by atoms with van der Waals surface area (Å²) < 4.78 is 0. The summed E-state index contributed by atoms with van der Waals surface area (Å²) in [6.45, 7) is 3.23. The maximum Gasteiger partial charge on any atom is 0.223 e. The number of amides is 1. The van der Waals surface area contributed by atoms with E-state index in [0.717, 1.165) is 25.3 Å². The van der Waals surface area contributed by atoms with Crippen LogP contribution in [-0.4, -0.2) is 24.5 Å². The quantitative estimate of drug-likeness (QED) is 0.819. The molecule has 3 heteroatoms. The van der Waals surface area contributed by atoms with Gasteiger partial charge in [-0.15, -0.1) is 0 Å². The molecule has 0 saturated heterocycles. The van der Waals surface area contributed by atoms with Crippen molar-refractivity contribution in [3.8, 4) is 0 Å². The molecule has 1 amide bonds. The molecule has 3 unspecified atom stereocenters. The Labute approximate surface area is 116 Å². The van der Waals surface area contributed by atoms with E-state index in [-0.39, 0.29) is 0 Å². The molecule has 0 aliphatic heterocycles. The van der Waals surface area contributed by atoms with Gasteiger partial charge in [-0.1, -0.05) is 13.3 Å². The number of hydrogen-bond donors (Lipinski definition) is 2. The van der Waals surface area contributed by atoms with Crippen LogP contribution in [-0.2, 0) is 4.79 Å². The van der Waals surface area contributed by atoms with Crippen molar-refractivity contribution >= 4 is 5.91 Å². The maximum atomic E-state index is 12.4. The van der Waals surface area contributed by atoms with Crippen LogP contribution in [0.4, 0.5) is 0 Å². The number of carbonyl (C=O) groups excluding carboxylic acids is 1. The third kappa shape index (κ3) is 2.96. The van der Waals surface area contributed by atoms with Crippen molar-refractivity contribution in [3.05, 3.63) is 0 Å². The van der Waals surface area contributed by atoms with E-state index in [9.17, 15) is 4.79 Å². The molecule has 3 nitrogen and oxygen atoms in total. The number of carbonyl (C=O) groups is 1. The van der Waals surface area contributed by atoms with E-state index >= 15 is 0 Å². The lowest BCUT2D eigenvalue weighted by molar-refractivity contribution is -0.127. The third-order valence-electron chi connectivity index (χ3n) is 5.64. The van der Waals surface area contributed by atoms with Gasteiger partial charge in [-0.05, 0) is 63.3 Å². The van der Waals surface area contributed by atoms with Crippen LogP contribution in [0, 0.1) is 17.8 Å². The van der Waals surface area contributed by atoms with E-state index in [4.69, 9.17) is 0 Å². The van der Waals surface area contributed by atoms with Crippen molar-refractivity contribution in [1.82, 2.24) is 10.6 Å². The number of rotatable bonds is 4. The highest BCUT2D eigenvalue weighted by atomic mass is 16.2. The summed E-state index contributed by atoms with van der Waals surface area (Å²) in [4.78, 5) is 12.4. The summed E-state index contributed by atoms with van der Waals surface area (Å²) in [6, 6.07) is 1.13. The number of nitrogens with one attached hydrogen (secondary N) is 2. The summed E-state index contributed by atoms with van der Waals surface area (Å²) in [5, 5.41) is 6.86. The van der Waals surface area contributed by atoms with Crippen molar-refractivity contribution in [2.24, 2.45) is 17.8 Å². The van der Waals surface area contributed by atoms with Gasteiger partial charge >= 0.3 is 0 Å². The number of fused-ring (bicyclic) bond motifs is 2. The summed E-state index contributed by atoms with van der Waals surface area (Å²) in [5.41, 5.74) is 0. The minimum Gasteiger partial charge on any atom is -0.353 e.